The van der Waals surface area contributed by atoms with Gasteiger partial charge < -0.3 is 11.1 Å². The summed E-state index contributed by atoms with van der Waals surface area (Å²) >= 11 is 6.14. The molecule has 1 unspecified atom stereocenters. The van der Waals surface area contributed by atoms with Gasteiger partial charge in [0.1, 0.15) is 0 Å². The van der Waals surface area contributed by atoms with E-state index in [1.54, 1.807) is 0 Å². The van der Waals surface area contributed by atoms with E-state index < -0.39 is 6.04 Å². The van der Waals surface area contributed by atoms with Crippen molar-refractivity contribution in [3.05, 3.63) is 34.9 Å². The van der Waals surface area contributed by atoms with Crippen LogP contribution in [0.4, 0.5) is 0 Å². The zero-order valence-corrected chi connectivity index (χ0v) is 14.9. The average Bonchev–Trinajstić information content (AvgIpc) is 3.00. The zero-order chi connectivity index (χ0) is 16.8. The quantitative estimate of drug-likeness (QED) is 0.804. The van der Waals surface area contributed by atoms with Gasteiger partial charge >= 0.3 is 0 Å². The van der Waals surface area contributed by atoms with Crippen molar-refractivity contribution in [1.29, 1.82) is 0 Å². The maximum absolute atomic E-state index is 12.2. The number of carbonyl (C=O) groups is 1. The van der Waals surface area contributed by atoms with Crippen molar-refractivity contribution in [2.45, 2.75) is 45.2 Å². The van der Waals surface area contributed by atoms with Crippen molar-refractivity contribution in [3.8, 4) is 0 Å². The van der Waals surface area contributed by atoms with Crippen LogP contribution in [0.1, 0.15) is 44.7 Å². The highest BCUT2D eigenvalue weighted by Crippen LogP contribution is 2.26. The highest BCUT2D eigenvalue weighted by Gasteiger charge is 2.25. The Hall–Kier alpha value is -1.10. The van der Waals surface area contributed by atoms with Gasteiger partial charge in [-0.2, -0.15) is 0 Å². The Balaban J connectivity index is 2.02. The number of nitrogens with one attached hydrogen (secondary N) is 1. The normalized spacial score (nSPS) is 18.1. The van der Waals surface area contributed by atoms with Gasteiger partial charge in [0.25, 0.3) is 0 Å². The third kappa shape index (κ3) is 5.48. The second-order valence-electron chi connectivity index (χ2n) is 6.80. The van der Waals surface area contributed by atoms with E-state index in [0.29, 0.717) is 18.9 Å². The summed E-state index contributed by atoms with van der Waals surface area (Å²) in [5.41, 5.74) is 7.12. The third-order valence-electron chi connectivity index (χ3n) is 4.35. The number of hydrogen-bond donors (Lipinski definition) is 2. The number of benzene rings is 1. The van der Waals surface area contributed by atoms with Crippen LogP contribution in [0.3, 0.4) is 0 Å². The molecule has 1 aliphatic rings. The van der Waals surface area contributed by atoms with Crippen LogP contribution < -0.4 is 11.1 Å². The van der Waals surface area contributed by atoms with E-state index in [9.17, 15) is 4.79 Å². The van der Waals surface area contributed by atoms with Gasteiger partial charge in [0, 0.05) is 11.6 Å². The van der Waals surface area contributed by atoms with Gasteiger partial charge in [-0.15, -0.1) is 0 Å². The predicted molar refractivity (Wildman–Crippen MR) is 95.4 cm³/mol. The Bertz CT molecular complexity index is 515. The Morgan fingerprint density at radius 3 is 2.65 bits per heavy atom. The number of nitrogens with two attached hydrogens (primary N) is 1. The first-order chi connectivity index (χ1) is 11.0. The lowest BCUT2D eigenvalue weighted by Crippen LogP contribution is -2.45. The Morgan fingerprint density at radius 2 is 2.04 bits per heavy atom. The Morgan fingerprint density at radius 1 is 1.35 bits per heavy atom. The molecule has 23 heavy (non-hydrogen) atoms. The molecule has 0 radical (unpaired) electrons. The maximum atomic E-state index is 12.2. The van der Waals surface area contributed by atoms with Crippen LogP contribution >= 0.6 is 11.6 Å². The van der Waals surface area contributed by atoms with Crippen LogP contribution in [0.5, 0.6) is 0 Å². The van der Waals surface area contributed by atoms with Gasteiger partial charge in [-0.1, -0.05) is 37.6 Å². The maximum Gasteiger partial charge on any atom is 0.236 e. The summed E-state index contributed by atoms with van der Waals surface area (Å²) in [7, 11) is 0. The molecule has 0 spiro atoms. The molecule has 1 heterocycles. The number of hydrogen-bond acceptors (Lipinski definition) is 3. The van der Waals surface area contributed by atoms with Crippen molar-refractivity contribution in [2.75, 3.05) is 19.6 Å². The molecule has 1 fully saturated rings. The molecule has 0 saturated carbocycles. The van der Waals surface area contributed by atoms with Crippen molar-refractivity contribution < 1.29 is 4.79 Å². The van der Waals surface area contributed by atoms with Crippen molar-refractivity contribution >= 4 is 17.5 Å². The fourth-order valence-corrected chi connectivity index (χ4v) is 3.37. The predicted octanol–water partition coefficient (Wildman–Crippen LogP) is 2.97. The molecule has 2 rings (SSSR count). The zero-order valence-electron chi connectivity index (χ0n) is 14.1. The first kappa shape index (κ1) is 18.2. The number of halogens is 1. The van der Waals surface area contributed by atoms with E-state index in [4.69, 9.17) is 17.3 Å². The molecule has 1 aromatic carbocycles. The molecule has 2 atom stereocenters. The standard InChI is InChI=1S/C18H28ClN3O/c1-13(2)10-16(20)18(23)21-12-17(22-8-3-4-9-22)14-6-5-7-15(19)11-14/h5-7,11,13,16-17H,3-4,8-10,12,20H2,1-2H3,(H,21,23)/t16-,17?/m0/s1. The summed E-state index contributed by atoms with van der Waals surface area (Å²) in [6.07, 6.45) is 3.12. The second-order valence-corrected chi connectivity index (χ2v) is 7.23. The van der Waals surface area contributed by atoms with Crippen molar-refractivity contribution in [3.63, 3.8) is 0 Å². The fourth-order valence-electron chi connectivity index (χ4n) is 3.17. The van der Waals surface area contributed by atoms with Crippen LogP contribution in [0.2, 0.25) is 5.02 Å². The summed E-state index contributed by atoms with van der Waals surface area (Å²) < 4.78 is 0. The van der Waals surface area contributed by atoms with Gasteiger partial charge in [0.05, 0.1) is 12.1 Å². The third-order valence-corrected chi connectivity index (χ3v) is 4.58. The Kier molecular flexibility index (Phi) is 6.88. The Labute approximate surface area is 144 Å². The molecule has 0 aromatic heterocycles. The van der Waals surface area contributed by atoms with Gasteiger partial charge in [0.2, 0.25) is 5.91 Å². The van der Waals surface area contributed by atoms with E-state index in [0.717, 1.165) is 23.7 Å². The summed E-state index contributed by atoms with van der Waals surface area (Å²) in [6.45, 7) is 6.85. The first-order valence-corrected chi connectivity index (χ1v) is 8.88. The largest absolute Gasteiger partial charge is 0.353 e. The molecule has 3 N–H and O–H groups in total. The lowest BCUT2D eigenvalue weighted by Gasteiger charge is -2.29. The molecular weight excluding hydrogens is 310 g/mol. The SMILES string of the molecule is CC(C)C[C@H](N)C(=O)NCC(c1cccc(Cl)c1)N1CCCC1. The van der Waals surface area contributed by atoms with Crippen LogP contribution in [0, 0.1) is 5.92 Å². The average molecular weight is 338 g/mol. The van der Waals surface area contributed by atoms with E-state index in [2.05, 4.69) is 30.1 Å². The second kappa shape index (κ2) is 8.67. The van der Waals surface area contributed by atoms with E-state index in [1.165, 1.54) is 12.8 Å². The van der Waals surface area contributed by atoms with Crippen LogP contribution in [-0.2, 0) is 4.79 Å². The summed E-state index contributed by atoms with van der Waals surface area (Å²) in [5.74, 6) is 0.350. The van der Waals surface area contributed by atoms with E-state index in [-0.39, 0.29) is 11.9 Å². The summed E-state index contributed by atoms with van der Waals surface area (Å²) in [4.78, 5) is 14.6. The first-order valence-electron chi connectivity index (χ1n) is 8.50. The van der Waals surface area contributed by atoms with Crippen molar-refractivity contribution in [1.82, 2.24) is 10.2 Å². The lowest BCUT2D eigenvalue weighted by molar-refractivity contribution is -0.122. The van der Waals surface area contributed by atoms with Gasteiger partial charge in [-0.05, 0) is 56.0 Å². The van der Waals surface area contributed by atoms with Crippen LogP contribution in [-0.4, -0.2) is 36.5 Å². The topological polar surface area (TPSA) is 58.4 Å². The molecule has 5 heteroatoms. The highest BCUT2D eigenvalue weighted by molar-refractivity contribution is 6.30. The monoisotopic (exact) mass is 337 g/mol. The number of carbonyl (C=O) groups excluding carboxylic acids is 1. The molecule has 1 amide bonds. The minimum absolute atomic E-state index is 0.0649. The van der Waals surface area contributed by atoms with Crippen LogP contribution in [0.25, 0.3) is 0 Å². The highest BCUT2D eigenvalue weighted by atomic mass is 35.5. The van der Waals surface area contributed by atoms with E-state index >= 15 is 0 Å². The smallest absolute Gasteiger partial charge is 0.236 e. The van der Waals surface area contributed by atoms with Crippen molar-refractivity contribution in [2.24, 2.45) is 11.7 Å². The number of rotatable bonds is 7. The number of amides is 1. The fraction of sp³-hybridized carbons (Fsp3) is 0.611. The summed E-state index contributed by atoms with van der Waals surface area (Å²) in [5, 5.41) is 3.77. The lowest BCUT2D eigenvalue weighted by atomic mass is 10.0. The minimum Gasteiger partial charge on any atom is -0.353 e. The van der Waals surface area contributed by atoms with E-state index in [1.807, 2.05) is 18.2 Å². The molecule has 1 saturated heterocycles. The molecule has 128 valence electrons. The molecule has 0 bridgehead atoms. The molecular formula is C18H28ClN3O. The summed E-state index contributed by atoms with van der Waals surface area (Å²) in [6, 6.07) is 7.64. The molecule has 0 aliphatic carbocycles. The molecule has 4 nitrogen and oxygen atoms in total. The van der Waals surface area contributed by atoms with Crippen LogP contribution in [0.15, 0.2) is 24.3 Å². The molecule has 1 aliphatic heterocycles. The van der Waals surface area contributed by atoms with Gasteiger partial charge in [-0.25, -0.2) is 0 Å². The minimum atomic E-state index is -0.436. The number of likely N-dealkylation sites (tertiary alicyclic amines) is 1. The molecule has 1 aromatic rings. The van der Waals surface area contributed by atoms with Gasteiger partial charge in [0.15, 0.2) is 0 Å². The number of nitrogens with zero attached hydrogens (tertiary/aromatic N) is 1. The van der Waals surface area contributed by atoms with Gasteiger partial charge in [-0.3, -0.25) is 9.69 Å².